The van der Waals surface area contributed by atoms with E-state index in [1.807, 2.05) is 7.05 Å². The zero-order valence-corrected chi connectivity index (χ0v) is 14.7. The van der Waals surface area contributed by atoms with Crippen LogP contribution in [-0.4, -0.2) is 7.05 Å². The predicted molar refractivity (Wildman–Crippen MR) is 82.6 cm³/mol. The number of halogens is 3. The van der Waals surface area contributed by atoms with E-state index in [4.69, 9.17) is 0 Å². The number of thiophene rings is 2. The molecule has 0 radical (unpaired) electrons. The Balaban J connectivity index is 2.36. The quantitative estimate of drug-likeness (QED) is 0.666. The highest BCUT2D eigenvalue weighted by Gasteiger charge is 2.17. The van der Waals surface area contributed by atoms with Gasteiger partial charge in [-0.15, -0.1) is 22.7 Å². The monoisotopic (exact) mass is 443 g/mol. The van der Waals surface area contributed by atoms with Crippen molar-refractivity contribution in [3.63, 3.8) is 0 Å². The summed E-state index contributed by atoms with van der Waals surface area (Å²) in [6.07, 6.45) is 0. The van der Waals surface area contributed by atoms with E-state index >= 15 is 0 Å². The highest BCUT2D eigenvalue weighted by molar-refractivity contribution is 9.13. The summed E-state index contributed by atoms with van der Waals surface area (Å²) in [6, 6.07) is 6.66. The van der Waals surface area contributed by atoms with E-state index in [0.717, 1.165) is 12.0 Å². The normalized spacial score (nSPS) is 13.0. The summed E-state index contributed by atoms with van der Waals surface area (Å²) in [6.45, 7) is 0. The van der Waals surface area contributed by atoms with Crippen LogP contribution >= 0.6 is 70.5 Å². The zero-order valence-electron chi connectivity index (χ0n) is 8.26. The second-order valence-electron chi connectivity index (χ2n) is 3.13. The molecule has 0 aliphatic rings. The van der Waals surface area contributed by atoms with E-state index < -0.39 is 0 Å². The minimum atomic E-state index is 0.267. The molecule has 86 valence electrons. The Labute approximate surface area is 128 Å². The molecule has 0 spiro atoms. The van der Waals surface area contributed by atoms with Crippen LogP contribution in [0.3, 0.4) is 0 Å². The minimum absolute atomic E-state index is 0.267. The molecule has 1 atom stereocenters. The third kappa shape index (κ3) is 2.79. The van der Waals surface area contributed by atoms with Gasteiger partial charge in [-0.25, -0.2) is 0 Å². The van der Waals surface area contributed by atoms with Crippen LogP contribution < -0.4 is 5.32 Å². The van der Waals surface area contributed by atoms with Gasteiger partial charge in [0.2, 0.25) is 0 Å². The summed E-state index contributed by atoms with van der Waals surface area (Å²) in [4.78, 5) is 2.62. The molecule has 0 saturated carbocycles. The molecule has 0 amide bonds. The van der Waals surface area contributed by atoms with Gasteiger partial charge in [0.25, 0.3) is 0 Å². The summed E-state index contributed by atoms with van der Waals surface area (Å²) >= 11 is 14.1. The number of rotatable bonds is 3. The summed E-state index contributed by atoms with van der Waals surface area (Å²) in [5.74, 6) is 0. The van der Waals surface area contributed by atoms with Crippen molar-refractivity contribution >= 4 is 70.5 Å². The first-order chi connectivity index (χ1) is 7.61. The molecular formula is C10H8Br3NS2. The summed E-state index contributed by atoms with van der Waals surface area (Å²) in [7, 11) is 1.99. The molecule has 2 rings (SSSR count). The van der Waals surface area contributed by atoms with Crippen LogP contribution in [0.4, 0.5) is 0 Å². The maximum absolute atomic E-state index is 3.53. The molecule has 2 heterocycles. The van der Waals surface area contributed by atoms with Gasteiger partial charge in [-0.1, -0.05) is 0 Å². The van der Waals surface area contributed by atoms with Gasteiger partial charge in [0.05, 0.1) is 13.6 Å². The Morgan fingerprint density at radius 3 is 2.31 bits per heavy atom. The van der Waals surface area contributed by atoms with Crippen molar-refractivity contribution < 1.29 is 0 Å². The van der Waals surface area contributed by atoms with Gasteiger partial charge in [0.15, 0.2) is 0 Å². The van der Waals surface area contributed by atoms with Crippen molar-refractivity contribution in [1.29, 1.82) is 0 Å². The predicted octanol–water partition coefficient (Wildman–Crippen LogP) is 5.41. The van der Waals surface area contributed by atoms with E-state index in [-0.39, 0.29) is 6.04 Å². The lowest BCUT2D eigenvalue weighted by molar-refractivity contribution is 0.716. The largest absolute Gasteiger partial charge is 0.308 e. The second kappa shape index (κ2) is 5.63. The van der Waals surface area contributed by atoms with E-state index in [2.05, 4.69) is 71.3 Å². The van der Waals surface area contributed by atoms with Crippen molar-refractivity contribution in [3.8, 4) is 0 Å². The molecule has 2 aromatic heterocycles. The van der Waals surface area contributed by atoms with Gasteiger partial charge >= 0.3 is 0 Å². The van der Waals surface area contributed by atoms with Crippen molar-refractivity contribution in [3.05, 3.63) is 40.0 Å². The molecule has 1 N–H and O–H groups in total. The van der Waals surface area contributed by atoms with Gasteiger partial charge in [0.1, 0.15) is 0 Å². The standard InChI is InChI=1S/C10H8Br3NS2/c1-14-9(6-2-3-8(12)15-6)7-4-5(11)10(13)16-7/h2-4,9,14H,1H3. The van der Waals surface area contributed by atoms with Crippen molar-refractivity contribution in [2.45, 2.75) is 6.04 Å². The Morgan fingerprint density at radius 2 is 1.88 bits per heavy atom. The first-order valence-corrected chi connectivity index (χ1v) is 8.50. The molecule has 0 saturated heterocycles. The molecule has 16 heavy (non-hydrogen) atoms. The van der Waals surface area contributed by atoms with Gasteiger partial charge in [-0.3, -0.25) is 0 Å². The zero-order chi connectivity index (χ0) is 11.7. The Bertz CT molecular complexity index is 472. The average Bonchev–Trinajstić information content (AvgIpc) is 2.77. The van der Waals surface area contributed by atoms with Crippen LogP contribution in [0.1, 0.15) is 15.8 Å². The molecule has 1 unspecified atom stereocenters. The fourth-order valence-electron chi connectivity index (χ4n) is 1.41. The van der Waals surface area contributed by atoms with Gasteiger partial charge in [-0.05, 0) is 73.0 Å². The van der Waals surface area contributed by atoms with Crippen LogP contribution in [0.5, 0.6) is 0 Å². The third-order valence-electron chi connectivity index (χ3n) is 2.12. The molecule has 2 aromatic rings. The smallest absolute Gasteiger partial charge is 0.0843 e. The average molecular weight is 446 g/mol. The summed E-state index contributed by atoms with van der Waals surface area (Å²) in [5.41, 5.74) is 0. The lowest BCUT2D eigenvalue weighted by Gasteiger charge is -2.11. The Hall–Kier alpha value is 0.800. The van der Waals surface area contributed by atoms with Crippen molar-refractivity contribution in [2.24, 2.45) is 0 Å². The third-order valence-corrected chi connectivity index (χ3v) is 7.13. The maximum Gasteiger partial charge on any atom is 0.0843 e. The molecule has 0 fully saturated rings. The Morgan fingerprint density at radius 1 is 1.12 bits per heavy atom. The summed E-state index contributed by atoms with van der Waals surface area (Å²) < 4.78 is 3.42. The first kappa shape index (κ1) is 13.2. The molecule has 6 heteroatoms. The lowest BCUT2D eigenvalue weighted by Crippen LogP contribution is -2.14. The van der Waals surface area contributed by atoms with Gasteiger partial charge < -0.3 is 5.32 Å². The fraction of sp³-hybridized carbons (Fsp3) is 0.200. The maximum atomic E-state index is 3.53. The van der Waals surface area contributed by atoms with Crippen LogP contribution in [0.25, 0.3) is 0 Å². The fourth-order valence-corrected chi connectivity index (χ4v) is 5.26. The molecule has 0 bridgehead atoms. The SMILES string of the molecule is CNC(c1ccc(Br)s1)c1cc(Br)c(Br)s1. The first-order valence-electron chi connectivity index (χ1n) is 4.49. The van der Waals surface area contributed by atoms with E-state index in [9.17, 15) is 0 Å². The molecule has 0 aliphatic heterocycles. The van der Waals surface area contributed by atoms with Gasteiger partial charge in [-0.2, -0.15) is 0 Å². The molecule has 1 nitrogen and oxygen atoms in total. The lowest BCUT2D eigenvalue weighted by atomic mass is 10.2. The topological polar surface area (TPSA) is 12.0 Å². The molecule has 0 aromatic carbocycles. The molecule has 0 aliphatic carbocycles. The van der Waals surface area contributed by atoms with Crippen LogP contribution in [0.15, 0.2) is 30.2 Å². The van der Waals surface area contributed by atoms with E-state index in [1.165, 1.54) is 9.75 Å². The van der Waals surface area contributed by atoms with E-state index in [0.29, 0.717) is 0 Å². The van der Waals surface area contributed by atoms with E-state index in [1.54, 1.807) is 22.7 Å². The van der Waals surface area contributed by atoms with Crippen LogP contribution in [0.2, 0.25) is 0 Å². The van der Waals surface area contributed by atoms with Gasteiger partial charge in [0, 0.05) is 14.2 Å². The minimum Gasteiger partial charge on any atom is -0.308 e. The Kier molecular flexibility index (Phi) is 4.66. The van der Waals surface area contributed by atoms with Crippen LogP contribution in [-0.2, 0) is 0 Å². The molecular weight excluding hydrogens is 438 g/mol. The van der Waals surface area contributed by atoms with Crippen molar-refractivity contribution in [2.75, 3.05) is 7.05 Å². The van der Waals surface area contributed by atoms with Crippen molar-refractivity contribution in [1.82, 2.24) is 5.32 Å². The number of hydrogen-bond acceptors (Lipinski definition) is 3. The highest BCUT2D eigenvalue weighted by Crippen LogP contribution is 2.39. The number of nitrogens with one attached hydrogen (secondary N) is 1. The van der Waals surface area contributed by atoms with Crippen LogP contribution in [0, 0.1) is 0 Å². The summed E-state index contributed by atoms with van der Waals surface area (Å²) in [5, 5.41) is 3.35. The number of hydrogen-bond donors (Lipinski definition) is 1. The second-order valence-corrected chi connectivity index (χ2v) is 8.88. The highest BCUT2D eigenvalue weighted by atomic mass is 79.9.